The predicted octanol–water partition coefficient (Wildman–Crippen LogP) is 6.64. The van der Waals surface area contributed by atoms with Crippen molar-refractivity contribution in [3.05, 3.63) is 66.9 Å². The van der Waals surface area contributed by atoms with E-state index < -0.39 is 0 Å². The molecular formula is C15H9BrClIS. The highest BCUT2D eigenvalue weighted by molar-refractivity contribution is 14.1. The first-order valence-electron chi connectivity index (χ1n) is 5.72. The third-order valence-electron chi connectivity index (χ3n) is 3.06. The molecule has 4 heteroatoms. The van der Waals surface area contributed by atoms with E-state index in [1.165, 1.54) is 19.4 Å². The van der Waals surface area contributed by atoms with Crippen LogP contribution in [-0.4, -0.2) is 0 Å². The SMILES string of the molecule is Clc1ccc(C(Br)c2csc(I)c2)c2ccccc12. The van der Waals surface area contributed by atoms with Gasteiger partial charge in [0, 0.05) is 10.4 Å². The number of hydrogen-bond donors (Lipinski definition) is 0. The van der Waals surface area contributed by atoms with E-state index in [0.29, 0.717) is 0 Å². The highest BCUT2D eigenvalue weighted by atomic mass is 127. The molecule has 0 radical (unpaired) electrons. The van der Waals surface area contributed by atoms with Crippen molar-refractivity contribution in [2.24, 2.45) is 0 Å². The average molecular weight is 464 g/mol. The average Bonchev–Trinajstić information content (AvgIpc) is 2.86. The van der Waals surface area contributed by atoms with E-state index in [4.69, 9.17) is 11.6 Å². The van der Waals surface area contributed by atoms with Crippen LogP contribution >= 0.6 is 61.5 Å². The molecule has 2 aromatic carbocycles. The fourth-order valence-electron chi connectivity index (χ4n) is 2.14. The number of hydrogen-bond acceptors (Lipinski definition) is 1. The Morgan fingerprint density at radius 1 is 1.11 bits per heavy atom. The third-order valence-corrected chi connectivity index (χ3v) is 6.22. The van der Waals surface area contributed by atoms with E-state index in [1.54, 1.807) is 11.3 Å². The summed E-state index contributed by atoms with van der Waals surface area (Å²) in [6, 6.07) is 14.6. The summed E-state index contributed by atoms with van der Waals surface area (Å²) in [5.74, 6) is 0. The minimum absolute atomic E-state index is 0.203. The predicted molar refractivity (Wildman–Crippen MR) is 96.8 cm³/mol. The summed E-state index contributed by atoms with van der Waals surface area (Å²) in [5, 5.41) is 5.32. The van der Waals surface area contributed by atoms with Crippen molar-refractivity contribution < 1.29 is 0 Å². The van der Waals surface area contributed by atoms with Crippen LogP contribution in [0.2, 0.25) is 5.02 Å². The number of rotatable bonds is 2. The minimum atomic E-state index is 0.203. The van der Waals surface area contributed by atoms with E-state index in [-0.39, 0.29) is 4.83 Å². The lowest BCUT2D eigenvalue weighted by Gasteiger charge is -2.13. The second kappa shape index (κ2) is 5.72. The molecule has 0 amide bonds. The smallest absolute Gasteiger partial charge is 0.0659 e. The standard InChI is InChI=1S/C15H9BrClIS/c16-15(9-7-14(18)19-8-9)12-5-6-13(17)11-4-2-1-3-10(11)12/h1-8,15H. The van der Waals surface area contributed by atoms with Crippen LogP contribution < -0.4 is 0 Å². The van der Waals surface area contributed by atoms with Gasteiger partial charge in [-0.3, -0.25) is 0 Å². The van der Waals surface area contributed by atoms with Crippen molar-refractivity contribution in [1.29, 1.82) is 0 Å². The minimum Gasteiger partial charge on any atom is -0.137 e. The Morgan fingerprint density at radius 3 is 2.53 bits per heavy atom. The van der Waals surface area contributed by atoms with Crippen LogP contribution in [0.15, 0.2) is 47.8 Å². The number of thiophene rings is 1. The van der Waals surface area contributed by atoms with Gasteiger partial charge in [0.25, 0.3) is 0 Å². The van der Waals surface area contributed by atoms with Gasteiger partial charge in [0.2, 0.25) is 0 Å². The van der Waals surface area contributed by atoms with Crippen LogP contribution in [0.4, 0.5) is 0 Å². The van der Waals surface area contributed by atoms with Crippen LogP contribution in [0.1, 0.15) is 16.0 Å². The van der Waals surface area contributed by atoms with E-state index >= 15 is 0 Å². The van der Waals surface area contributed by atoms with Gasteiger partial charge in [-0.15, -0.1) is 11.3 Å². The second-order valence-electron chi connectivity index (χ2n) is 4.23. The fourth-order valence-corrected chi connectivity index (χ4v) is 4.61. The van der Waals surface area contributed by atoms with Crippen LogP contribution in [0, 0.1) is 2.88 Å². The number of alkyl halides is 1. The van der Waals surface area contributed by atoms with Gasteiger partial charge in [-0.1, -0.05) is 57.9 Å². The molecule has 0 N–H and O–H groups in total. The van der Waals surface area contributed by atoms with Crippen molar-refractivity contribution in [1.82, 2.24) is 0 Å². The summed E-state index contributed by atoms with van der Waals surface area (Å²) in [5.41, 5.74) is 2.55. The first kappa shape index (κ1) is 13.9. The first-order valence-corrected chi connectivity index (χ1v) is 8.97. The zero-order chi connectivity index (χ0) is 13.4. The maximum absolute atomic E-state index is 6.27. The monoisotopic (exact) mass is 462 g/mol. The van der Waals surface area contributed by atoms with Crippen LogP contribution in [-0.2, 0) is 0 Å². The Bertz CT molecular complexity index is 738. The van der Waals surface area contributed by atoms with Gasteiger partial charge >= 0.3 is 0 Å². The van der Waals surface area contributed by atoms with E-state index in [0.717, 1.165) is 10.4 Å². The Kier molecular flexibility index (Phi) is 4.17. The molecule has 0 fully saturated rings. The first-order chi connectivity index (χ1) is 9.16. The van der Waals surface area contributed by atoms with Gasteiger partial charge in [-0.25, -0.2) is 0 Å². The van der Waals surface area contributed by atoms with Crippen LogP contribution in [0.3, 0.4) is 0 Å². The molecule has 0 aliphatic rings. The summed E-state index contributed by atoms with van der Waals surface area (Å²) in [6.07, 6.45) is 0. The van der Waals surface area contributed by atoms with Gasteiger partial charge in [0.15, 0.2) is 0 Å². The molecule has 0 nitrogen and oxygen atoms in total. The van der Waals surface area contributed by atoms with Gasteiger partial charge in [-0.05, 0) is 56.6 Å². The molecule has 0 aliphatic heterocycles. The van der Waals surface area contributed by atoms with Gasteiger partial charge in [0.1, 0.15) is 0 Å². The fraction of sp³-hybridized carbons (Fsp3) is 0.0667. The second-order valence-corrected chi connectivity index (χ2v) is 8.36. The summed E-state index contributed by atoms with van der Waals surface area (Å²) < 4.78 is 1.30. The lowest BCUT2D eigenvalue weighted by Crippen LogP contribution is -1.92. The zero-order valence-corrected chi connectivity index (χ0v) is 15.1. The van der Waals surface area contributed by atoms with Crippen molar-refractivity contribution in [2.75, 3.05) is 0 Å². The number of benzene rings is 2. The van der Waals surface area contributed by atoms with E-state index in [2.05, 4.69) is 74.2 Å². The van der Waals surface area contributed by atoms with Crippen LogP contribution in [0.5, 0.6) is 0 Å². The molecule has 1 aromatic heterocycles. The Labute approximate surface area is 143 Å². The molecule has 1 atom stereocenters. The topological polar surface area (TPSA) is 0 Å². The number of halogens is 3. The summed E-state index contributed by atoms with van der Waals surface area (Å²) >= 11 is 14.2. The Hall–Kier alpha value is -0.100. The number of fused-ring (bicyclic) bond motifs is 1. The molecule has 96 valence electrons. The quantitative estimate of drug-likeness (QED) is 0.295. The largest absolute Gasteiger partial charge is 0.137 e. The summed E-state index contributed by atoms with van der Waals surface area (Å²) in [4.78, 5) is 0.203. The molecule has 0 saturated heterocycles. The van der Waals surface area contributed by atoms with Gasteiger partial charge in [-0.2, -0.15) is 0 Å². The third kappa shape index (κ3) is 2.71. The van der Waals surface area contributed by atoms with E-state index in [1.807, 2.05) is 12.1 Å². The molecule has 0 aliphatic carbocycles. The highest BCUT2D eigenvalue weighted by Crippen LogP contribution is 2.39. The van der Waals surface area contributed by atoms with Crippen molar-refractivity contribution in [3.63, 3.8) is 0 Å². The lowest BCUT2D eigenvalue weighted by molar-refractivity contribution is 1.22. The normalized spacial score (nSPS) is 12.8. The maximum Gasteiger partial charge on any atom is 0.0659 e. The molecule has 0 bridgehead atoms. The van der Waals surface area contributed by atoms with Crippen molar-refractivity contribution >= 4 is 72.2 Å². The maximum atomic E-state index is 6.27. The van der Waals surface area contributed by atoms with Crippen LogP contribution in [0.25, 0.3) is 10.8 Å². The van der Waals surface area contributed by atoms with E-state index in [9.17, 15) is 0 Å². The molecule has 0 spiro atoms. The molecule has 1 heterocycles. The zero-order valence-electron chi connectivity index (χ0n) is 9.74. The van der Waals surface area contributed by atoms with Crippen molar-refractivity contribution in [3.8, 4) is 0 Å². The lowest BCUT2D eigenvalue weighted by atomic mass is 10.00. The molecule has 3 aromatic rings. The van der Waals surface area contributed by atoms with Gasteiger partial charge < -0.3 is 0 Å². The summed E-state index contributed by atoms with van der Waals surface area (Å²) in [7, 11) is 0. The summed E-state index contributed by atoms with van der Waals surface area (Å²) in [6.45, 7) is 0. The highest BCUT2D eigenvalue weighted by Gasteiger charge is 2.15. The molecule has 1 unspecified atom stereocenters. The van der Waals surface area contributed by atoms with Gasteiger partial charge in [0.05, 0.1) is 7.71 Å². The van der Waals surface area contributed by atoms with Crippen molar-refractivity contribution in [2.45, 2.75) is 4.83 Å². The molecule has 19 heavy (non-hydrogen) atoms. The molecule has 3 rings (SSSR count). The Balaban J connectivity index is 2.18. The Morgan fingerprint density at radius 2 is 1.84 bits per heavy atom. The molecular weight excluding hydrogens is 454 g/mol. The molecule has 0 saturated carbocycles.